The lowest BCUT2D eigenvalue weighted by Gasteiger charge is -2.08. The molecule has 3 N–H and O–H groups in total. The Morgan fingerprint density at radius 1 is 0.966 bits per heavy atom. The van der Waals surface area contributed by atoms with Crippen LogP contribution in [0.4, 0.5) is 16.3 Å². The summed E-state index contributed by atoms with van der Waals surface area (Å²) < 4.78 is 5.85. The predicted molar refractivity (Wildman–Crippen MR) is 116 cm³/mol. The quantitative estimate of drug-likeness (QED) is 0.361. The number of halogens is 2. The number of para-hydroxylation sites is 1. The number of benzene rings is 3. The van der Waals surface area contributed by atoms with E-state index in [4.69, 9.17) is 27.9 Å². The van der Waals surface area contributed by atoms with Gasteiger partial charge in [0, 0.05) is 11.1 Å². The van der Waals surface area contributed by atoms with E-state index >= 15 is 0 Å². The van der Waals surface area contributed by atoms with E-state index in [2.05, 4.69) is 20.8 Å². The maximum atomic E-state index is 12.2. The third kappa shape index (κ3) is 4.62. The number of carbonyl (C=O) groups is 1. The lowest BCUT2D eigenvalue weighted by molar-refractivity contribution is 0.262. The van der Waals surface area contributed by atoms with Crippen LogP contribution in [0.5, 0.6) is 5.75 Å². The molecule has 8 heteroatoms. The molecule has 4 rings (SSSR count). The summed E-state index contributed by atoms with van der Waals surface area (Å²) in [5.74, 6) is 1.05. The number of nitrogens with zero attached hydrogens (tertiary/aromatic N) is 1. The second-order valence-corrected chi connectivity index (χ2v) is 7.08. The number of H-pyrrole nitrogens is 1. The summed E-state index contributed by atoms with van der Waals surface area (Å²) in [7, 11) is 0. The number of rotatable bonds is 5. The van der Waals surface area contributed by atoms with Crippen molar-refractivity contribution >= 4 is 51.6 Å². The Labute approximate surface area is 176 Å². The summed E-state index contributed by atoms with van der Waals surface area (Å²) in [6.07, 6.45) is 0. The second kappa shape index (κ2) is 8.43. The zero-order valence-electron chi connectivity index (χ0n) is 15.1. The Morgan fingerprint density at radius 3 is 2.59 bits per heavy atom. The lowest BCUT2D eigenvalue weighted by atomic mass is 10.2. The first-order valence-electron chi connectivity index (χ1n) is 8.76. The maximum Gasteiger partial charge on any atom is 0.324 e. The summed E-state index contributed by atoms with van der Waals surface area (Å²) in [6.45, 7) is 0.331. The van der Waals surface area contributed by atoms with Crippen molar-refractivity contribution in [3.05, 3.63) is 82.3 Å². The first kappa shape index (κ1) is 19.1. The molecule has 0 aliphatic heterocycles. The van der Waals surface area contributed by atoms with Crippen molar-refractivity contribution in [3.63, 3.8) is 0 Å². The molecule has 0 radical (unpaired) electrons. The Balaban J connectivity index is 1.47. The van der Waals surface area contributed by atoms with Crippen molar-refractivity contribution in [2.24, 2.45) is 0 Å². The van der Waals surface area contributed by atoms with Gasteiger partial charge in [-0.05, 0) is 48.0 Å². The summed E-state index contributed by atoms with van der Waals surface area (Å²) in [6, 6.07) is 19.6. The van der Waals surface area contributed by atoms with Gasteiger partial charge < -0.3 is 10.1 Å². The van der Waals surface area contributed by atoms with E-state index in [0.717, 1.165) is 16.5 Å². The minimum Gasteiger partial charge on any atom is -0.489 e. The Bertz CT molecular complexity index is 1160. The highest BCUT2D eigenvalue weighted by Gasteiger charge is 2.11. The van der Waals surface area contributed by atoms with E-state index < -0.39 is 0 Å². The van der Waals surface area contributed by atoms with Crippen LogP contribution in [0, 0.1) is 0 Å². The molecule has 0 fully saturated rings. The van der Waals surface area contributed by atoms with Crippen LogP contribution in [-0.2, 0) is 6.61 Å². The van der Waals surface area contributed by atoms with E-state index in [1.807, 2.05) is 42.5 Å². The number of hydrogen-bond donors (Lipinski definition) is 3. The molecule has 0 atom stereocenters. The van der Waals surface area contributed by atoms with Crippen LogP contribution in [0.2, 0.25) is 10.0 Å². The fraction of sp³-hybridized carbons (Fsp3) is 0.0476. The number of nitrogens with one attached hydrogen (secondary N) is 3. The average Bonchev–Trinajstić information content (AvgIpc) is 3.11. The third-order valence-corrected chi connectivity index (χ3v) is 4.93. The van der Waals surface area contributed by atoms with E-state index in [1.54, 1.807) is 24.3 Å². The van der Waals surface area contributed by atoms with E-state index in [0.29, 0.717) is 33.9 Å². The van der Waals surface area contributed by atoms with Crippen molar-refractivity contribution in [2.75, 3.05) is 10.6 Å². The molecule has 0 saturated carbocycles. The highest BCUT2D eigenvalue weighted by molar-refractivity contribution is 6.42. The first-order valence-corrected chi connectivity index (χ1v) is 9.52. The van der Waals surface area contributed by atoms with Gasteiger partial charge >= 0.3 is 6.03 Å². The predicted octanol–water partition coefficient (Wildman–Crippen LogP) is 6.09. The molecule has 0 bridgehead atoms. The zero-order chi connectivity index (χ0) is 20.2. The standard InChI is InChI=1S/C21H16Cl2N4O2/c22-17-8-6-13(10-18(17)23)12-29-15-7-9-19-16(11-15)20(27-26-19)25-21(28)24-14-4-2-1-3-5-14/h1-11H,12H2,(H3,24,25,26,27,28). The van der Waals surface area contributed by atoms with Gasteiger partial charge in [-0.15, -0.1) is 0 Å². The van der Waals surface area contributed by atoms with Crippen LogP contribution in [0.3, 0.4) is 0 Å². The zero-order valence-corrected chi connectivity index (χ0v) is 16.6. The number of urea groups is 1. The third-order valence-electron chi connectivity index (χ3n) is 4.19. The first-order chi connectivity index (χ1) is 14.1. The topological polar surface area (TPSA) is 79.0 Å². The van der Waals surface area contributed by atoms with Gasteiger partial charge in [0.2, 0.25) is 0 Å². The summed E-state index contributed by atoms with van der Waals surface area (Å²) >= 11 is 12.0. The number of fused-ring (bicyclic) bond motifs is 1. The van der Waals surface area contributed by atoms with Crippen molar-refractivity contribution in [1.29, 1.82) is 0 Å². The maximum absolute atomic E-state index is 12.2. The molecule has 0 spiro atoms. The smallest absolute Gasteiger partial charge is 0.324 e. The van der Waals surface area contributed by atoms with Crippen LogP contribution < -0.4 is 15.4 Å². The average molecular weight is 427 g/mol. The molecule has 4 aromatic rings. The molecular formula is C21H16Cl2N4O2. The molecule has 0 aliphatic rings. The van der Waals surface area contributed by atoms with E-state index in [1.165, 1.54) is 0 Å². The lowest BCUT2D eigenvalue weighted by Crippen LogP contribution is -2.19. The summed E-state index contributed by atoms with van der Waals surface area (Å²) in [5, 5.41) is 14.3. The van der Waals surface area contributed by atoms with Crippen molar-refractivity contribution in [1.82, 2.24) is 10.2 Å². The minimum atomic E-state index is -0.383. The number of carbonyl (C=O) groups excluding carboxylic acids is 1. The van der Waals surface area contributed by atoms with Crippen LogP contribution in [0.15, 0.2) is 66.7 Å². The summed E-state index contributed by atoms with van der Waals surface area (Å²) in [4.78, 5) is 12.2. The van der Waals surface area contributed by atoms with Crippen LogP contribution in [0.25, 0.3) is 10.9 Å². The number of anilines is 2. The normalized spacial score (nSPS) is 10.7. The largest absolute Gasteiger partial charge is 0.489 e. The van der Waals surface area contributed by atoms with Gasteiger partial charge in [-0.3, -0.25) is 10.4 Å². The van der Waals surface area contributed by atoms with Gasteiger partial charge in [0.1, 0.15) is 12.4 Å². The molecule has 6 nitrogen and oxygen atoms in total. The molecule has 1 heterocycles. The van der Waals surface area contributed by atoms with Crippen molar-refractivity contribution in [2.45, 2.75) is 6.61 Å². The molecule has 29 heavy (non-hydrogen) atoms. The molecule has 0 unspecified atom stereocenters. The van der Waals surface area contributed by atoms with Crippen LogP contribution in [-0.4, -0.2) is 16.2 Å². The molecule has 146 valence electrons. The molecular weight excluding hydrogens is 411 g/mol. The molecule has 0 saturated heterocycles. The highest BCUT2D eigenvalue weighted by Crippen LogP contribution is 2.27. The van der Waals surface area contributed by atoms with Crippen LogP contribution >= 0.6 is 23.2 Å². The van der Waals surface area contributed by atoms with Gasteiger partial charge in [0.05, 0.1) is 15.6 Å². The number of amides is 2. The minimum absolute atomic E-state index is 0.331. The van der Waals surface area contributed by atoms with Gasteiger partial charge in [0.15, 0.2) is 5.82 Å². The molecule has 1 aromatic heterocycles. The monoisotopic (exact) mass is 426 g/mol. The van der Waals surface area contributed by atoms with Crippen molar-refractivity contribution in [3.8, 4) is 5.75 Å². The fourth-order valence-electron chi connectivity index (χ4n) is 2.77. The van der Waals surface area contributed by atoms with Crippen LogP contribution in [0.1, 0.15) is 5.56 Å². The molecule has 2 amide bonds. The Hall–Kier alpha value is -3.22. The van der Waals surface area contributed by atoms with Crippen molar-refractivity contribution < 1.29 is 9.53 Å². The van der Waals surface area contributed by atoms with Gasteiger partial charge in [0.25, 0.3) is 0 Å². The highest BCUT2D eigenvalue weighted by atomic mass is 35.5. The fourth-order valence-corrected chi connectivity index (χ4v) is 3.09. The number of ether oxygens (including phenoxy) is 1. The Morgan fingerprint density at radius 2 is 1.79 bits per heavy atom. The SMILES string of the molecule is O=C(Nc1ccccc1)Nc1n[nH]c2ccc(OCc3ccc(Cl)c(Cl)c3)cc12. The summed E-state index contributed by atoms with van der Waals surface area (Å²) in [5.41, 5.74) is 2.37. The van der Waals surface area contributed by atoms with E-state index in [-0.39, 0.29) is 6.03 Å². The molecule has 3 aromatic carbocycles. The Kier molecular flexibility index (Phi) is 5.55. The number of aromatic nitrogens is 2. The number of hydrogen-bond acceptors (Lipinski definition) is 3. The van der Waals surface area contributed by atoms with Gasteiger partial charge in [-0.25, -0.2) is 4.79 Å². The number of aromatic amines is 1. The van der Waals surface area contributed by atoms with E-state index in [9.17, 15) is 4.79 Å². The van der Waals surface area contributed by atoms with Gasteiger partial charge in [-0.1, -0.05) is 47.5 Å². The van der Waals surface area contributed by atoms with Gasteiger partial charge in [-0.2, -0.15) is 5.10 Å². The molecule has 0 aliphatic carbocycles. The second-order valence-electron chi connectivity index (χ2n) is 6.26.